The molecule has 2 atom stereocenters. The maximum absolute atomic E-state index is 6.09. The number of piperidine rings is 1. The van der Waals surface area contributed by atoms with Gasteiger partial charge in [0.15, 0.2) is 5.96 Å². The summed E-state index contributed by atoms with van der Waals surface area (Å²) in [7, 11) is 0. The van der Waals surface area contributed by atoms with Crippen LogP contribution in [0.4, 0.5) is 0 Å². The molecule has 2 aliphatic rings. The van der Waals surface area contributed by atoms with Crippen molar-refractivity contribution in [2.75, 3.05) is 39.4 Å². The Morgan fingerprint density at radius 1 is 1.08 bits per heavy atom. The van der Waals surface area contributed by atoms with Gasteiger partial charge in [0.2, 0.25) is 0 Å². The van der Waals surface area contributed by atoms with Gasteiger partial charge in [0.05, 0.1) is 19.8 Å². The Bertz CT molecular complexity index is 562. The quantitative estimate of drug-likeness (QED) is 0.416. The lowest BCUT2D eigenvalue weighted by Crippen LogP contribution is -2.44. The predicted molar refractivity (Wildman–Crippen MR) is 118 cm³/mol. The van der Waals surface area contributed by atoms with Crippen molar-refractivity contribution >= 4 is 29.9 Å². The van der Waals surface area contributed by atoms with Crippen LogP contribution in [0.15, 0.2) is 29.3 Å². The summed E-state index contributed by atoms with van der Waals surface area (Å²) in [6.45, 7) is 12.0. The Balaban J connectivity index is 0.00000243. The van der Waals surface area contributed by atoms with E-state index in [0.29, 0.717) is 12.5 Å². The van der Waals surface area contributed by atoms with Gasteiger partial charge in [0.25, 0.3) is 0 Å². The molecule has 0 aromatic heterocycles. The number of ether oxygens (including phenoxy) is 1. The molecule has 1 aromatic rings. The summed E-state index contributed by atoms with van der Waals surface area (Å²) in [5, 5.41) is 0. The lowest BCUT2D eigenvalue weighted by Gasteiger charge is -2.35. The lowest BCUT2D eigenvalue weighted by molar-refractivity contribution is 0.0674. The van der Waals surface area contributed by atoms with E-state index in [0.717, 1.165) is 44.7 Å². The number of likely N-dealkylation sites (tertiary alicyclic amines) is 1. The molecule has 3 rings (SSSR count). The highest BCUT2D eigenvalue weighted by atomic mass is 127. The molecule has 2 N–H and O–H groups in total. The smallest absolute Gasteiger partial charge is 0.191 e. The van der Waals surface area contributed by atoms with Crippen LogP contribution in [-0.4, -0.2) is 55.2 Å². The van der Waals surface area contributed by atoms with Crippen LogP contribution in [0.1, 0.15) is 31.4 Å². The first-order valence-electron chi connectivity index (χ1n) is 9.53. The van der Waals surface area contributed by atoms with Crippen LogP contribution in [0.2, 0.25) is 0 Å². The van der Waals surface area contributed by atoms with Gasteiger partial charge >= 0.3 is 0 Å². The second-order valence-corrected chi connectivity index (χ2v) is 7.73. The van der Waals surface area contributed by atoms with Crippen molar-refractivity contribution in [2.45, 2.75) is 33.4 Å². The molecule has 2 fully saturated rings. The molecule has 6 heteroatoms. The number of rotatable bonds is 4. The molecule has 0 spiro atoms. The number of halogens is 1. The van der Waals surface area contributed by atoms with E-state index in [4.69, 9.17) is 10.5 Å². The van der Waals surface area contributed by atoms with Crippen molar-refractivity contribution in [1.29, 1.82) is 0 Å². The Kier molecular flexibility index (Phi) is 8.63. The van der Waals surface area contributed by atoms with Gasteiger partial charge in [-0.25, -0.2) is 4.99 Å². The minimum Gasteiger partial charge on any atom is -0.378 e. The Morgan fingerprint density at radius 2 is 1.65 bits per heavy atom. The van der Waals surface area contributed by atoms with Crippen LogP contribution >= 0.6 is 24.0 Å². The molecule has 26 heavy (non-hydrogen) atoms. The van der Waals surface area contributed by atoms with Gasteiger partial charge in [-0.1, -0.05) is 38.1 Å². The summed E-state index contributed by atoms with van der Waals surface area (Å²) in [6.07, 6.45) is 1.36. The van der Waals surface area contributed by atoms with Crippen LogP contribution in [0.5, 0.6) is 0 Å². The van der Waals surface area contributed by atoms with Crippen LogP contribution in [0.25, 0.3) is 0 Å². The van der Waals surface area contributed by atoms with Crippen molar-refractivity contribution in [3.63, 3.8) is 0 Å². The molecule has 2 unspecified atom stereocenters. The molecular formula is C20H33IN4O. The van der Waals surface area contributed by atoms with E-state index in [2.05, 4.69) is 52.9 Å². The number of nitrogens with zero attached hydrogens (tertiary/aromatic N) is 3. The van der Waals surface area contributed by atoms with Gasteiger partial charge in [-0.2, -0.15) is 0 Å². The maximum Gasteiger partial charge on any atom is 0.191 e. The van der Waals surface area contributed by atoms with Gasteiger partial charge < -0.3 is 15.4 Å². The van der Waals surface area contributed by atoms with Crippen LogP contribution in [0.3, 0.4) is 0 Å². The van der Waals surface area contributed by atoms with Crippen molar-refractivity contribution in [1.82, 2.24) is 9.80 Å². The molecule has 2 saturated heterocycles. The fraction of sp³-hybridized carbons (Fsp3) is 0.650. The van der Waals surface area contributed by atoms with Crippen molar-refractivity contribution in [3.05, 3.63) is 35.4 Å². The van der Waals surface area contributed by atoms with E-state index >= 15 is 0 Å². The largest absolute Gasteiger partial charge is 0.378 e. The van der Waals surface area contributed by atoms with Gasteiger partial charge in [0, 0.05) is 32.7 Å². The highest BCUT2D eigenvalue weighted by molar-refractivity contribution is 14.0. The number of hydrogen-bond acceptors (Lipinski definition) is 3. The molecule has 0 radical (unpaired) electrons. The zero-order valence-corrected chi connectivity index (χ0v) is 18.4. The first kappa shape index (κ1) is 21.4. The normalized spacial score (nSPS) is 25.0. The van der Waals surface area contributed by atoms with E-state index in [1.54, 1.807) is 0 Å². The number of morpholine rings is 1. The third-order valence-electron chi connectivity index (χ3n) is 5.13. The maximum atomic E-state index is 6.09. The zero-order valence-electron chi connectivity index (χ0n) is 16.1. The topological polar surface area (TPSA) is 54.1 Å². The molecule has 0 bridgehead atoms. The molecule has 0 amide bonds. The number of guanidine groups is 1. The fourth-order valence-electron chi connectivity index (χ4n) is 3.99. The van der Waals surface area contributed by atoms with Gasteiger partial charge in [-0.15, -0.1) is 24.0 Å². The average Bonchev–Trinajstić information content (AvgIpc) is 2.61. The lowest BCUT2D eigenvalue weighted by atomic mass is 9.91. The van der Waals surface area contributed by atoms with Crippen LogP contribution in [0, 0.1) is 11.8 Å². The zero-order chi connectivity index (χ0) is 17.6. The summed E-state index contributed by atoms with van der Waals surface area (Å²) >= 11 is 0. The Labute approximate surface area is 175 Å². The van der Waals surface area contributed by atoms with Gasteiger partial charge in [-0.3, -0.25) is 4.90 Å². The Morgan fingerprint density at radius 3 is 2.27 bits per heavy atom. The highest BCUT2D eigenvalue weighted by Gasteiger charge is 2.21. The van der Waals surface area contributed by atoms with Crippen molar-refractivity contribution in [3.8, 4) is 0 Å². The second-order valence-electron chi connectivity index (χ2n) is 7.73. The minimum atomic E-state index is 0. The number of hydrogen-bond donors (Lipinski definition) is 1. The number of aliphatic imine (C=N–C) groups is 1. The molecule has 0 aliphatic carbocycles. The van der Waals surface area contributed by atoms with E-state index in [-0.39, 0.29) is 24.0 Å². The summed E-state index contributed by atoms with van der Waals surface area (Å²) < 4.78 is 5.35. The van der Waals surface area contributed by atoms with E-state index in [1.165, 1.54) is 30.6 Å². The first-order valence-corrected chi connectivity index (χ1v) is 9.53. The van der Waals surface area contributed by atoms with E-state index < -0.39 is 0 Å². The number of nitrogens with two attached hydrogens (primary N) is 1. The summed E-state index contributed by atoms with van der Waals surface area (Å²) in [4.78, 5) is 9.22. The number of benzene rings is 1. The molecule has 0 saturated carbocycles. The van der Waals surface area contributed by atoms with Gasteiger partial charge in [-0.05, 0) is 29.4 Å². The highest BCUT2D eigenvalue weighted by Crippen LogP contribution is 2.22. The molecule has 2 heterocycles. The molecule has 1 aromatic carbocycles. The molecule has 5 nitrogen and oxygen atoms in total. The monoisotopic (exact) mass is 472 g/mol. The molecule has 2 aliphatic heterocycles. The fourth-order valence-corrected chi connectivity index (χ4v) is 3.99. The summed E-state index contributed by atoms with van der Waals surface area (Å²) in [6, 6.07) is 8.84. The molecular weight excluding hydrogens is 439 g/mol. The SMILES string of the molecule is CC1CC(C)CN(Cc2ccc(CN=C(N)N3CCOCC3)cc2)C1.I. The third-order valence-corrected chi connectivity index (χ3v) is 5.13. The van der Waals surface area contributed by atoms with Crippen LogP contribution < -0.4 is 5.73 Å². The van der Waals surface area contributed by atoms with Crippen molar-refractivity contribution in [2.24, 2.45) is 22.6 Å². The standard InChI is InChI=1S/C20H32N4O.HI/c1-16-11-17(2)14-23(13-16)15-19-5-3-18(4-6-19)12-22-20(21)24-7-9-25-10-8-24;/h3-6,16-17H,7-15H2,1-2H3,(H2,21,22);1H. The van der Waals surface area contributed by atoms with Crippen LogP contribution in [-0.2, 0) is 17.8 Å². The van der Waals surface area contributed by atoms with E-state index in [9.17, 15) is 0 Å². The summed E-state index contributed by atoms with van der Waals surface area (Å²) in [5.41, 5.74) is 8.68. The van der Waals surface area contributed by atoms with Gasteiger partial charge in [0.1, 0.15) is 0 Å². The first-order chi connectivity index (χ1) is 12.1. The Hall–Kier alpha value is -0.860. The predicted octanol–water partition coefficient (Wildman–Crippen LogP) is 2.93. The second kappa shape index (κ2) is 10.5. The third kappa shape index (κ3) is 6.39. The average molecular weight is 472 g/mol. The van der Waals surface area contributed by atoms with E-state index in [1.807, 2.05) is 0 Å². The summed E-state index contributed by atoms with van der Waals surface area (Å²) in [5.74, 6) is 2.24. The molecule has 146 valence electrons. The minimum absolute atomic E-state index is 0. The van der Waals surface area contributed by atoms with Crippen molar-refractivity contribution < 1.29 is 4.74 Å².